The van der Waals surface area contributed by atoms with Crippen LogP contribution in [-0.4, -0.2) is 117 Å². The first kappa shape index (κ1) is 33.6. The summed E-state index contributed by atoms with van der Waals surface area (Å²) in [6.07, 6.45) is 2.78. The normalized spacial score (nSPS) is 13.9. The van der Waals surface area contributed by atoms with Crippen molar-refractivity contribution in [3.05, 3.63) is 35.4 Å². The van der Waals surface area contributed by atoms with Gasteiger partial charge in [0.05, 0.1) is 42.7 Å². The standard InChI is InChI=1S/C31H46N4O8/c1-38-24-18-22(19-25(39-2)28(24)42-5)30(36)32-10-7-12-34-14-9-15-35(17-16-34)13-8-11-33-31(37)23-20-26(40-3)29(43-6)27(21-23)41-4/h18-21H,7-17H2,1-6H3,(H,32,36)(H,33,37). The topological polar surface area (TPSA) is 120 Å². The molecule has 1 aliphatic heterocycles. The van der Waals surface area contributed by atoms with Gasteiger partial charge < -0.3 is 48.9 Å². The van der Waals surface area contributed by atoms with Gasteiger partial charge in [0.25, 0.3) is 11.8 Å². The molecule has 12 nitrogen and oxygen atoms in total. The Morgan fingerprint density at radius 1 is 0.581 bits per heavy atom. The molecule has 0 unspecified atom stereocenters. The van der Waals surface area contributed by atoms with Gasteiger partial charge in [-0.1, -0.05) is 0 Å². The van der Waals surface area contributed by atoms with E-state index in [9.17, 15) is 9.59 Å². The van der Waals surface area contributed by atoms with Crippen LogP contribution < -0.4 is 39.1 Å². The van der Waals surface area contributed by atoms with E-state index in [1.807, 2.05) is 0 Å². The van der Waals surface area contributed by atoms with E-state index in [4.69, 9.17) is 28.4 Å². The van der Waals surface area contributed by atoms with Crippen molar-refractivity contribution in [3.8, 4) is 34.5 Å². The summed E-state index contributed by atoms with van der Waals surface area (Å²) in [4.78, 5) is 30.4. The summed E-state index contributed by atoms with van der Waals surface area (Å²) in [6, 6.07) is 6.61. The van der Waals surface area contributed by atoms with Crippen molar-refractivity contribution in [2.45, 2.75) is 19.3 Å². The summed E-state index contributed by atoms with van der Waals surface area (Å²) < 4.78 is 32.1. The third-order valence-electron chi connectivity index (χ3n) is 7.41. The maximum atomic E-state index is 12.7. The van der Waals surface area contributed by atoms with Gasteiger partial charge in [-0.15, -0.1) is 0 Å². The summed E-state index contributed by atoms with van der Waals surface area (Å²) in [6.45, 7) is 6.95. The average molecular weight is 603 g/mol. The molecule has 0 aliphatic carbocycles. The molecule has 2 amide bonds. The van der Waals surface area contributed by atoms with Crippen molar-refractivity contribution in [3.63, 3.8) is 0 Å². The first-order valence-corrected chi connectivity index (χ1v) is 14.5. The summed E-state index contributed by atoms with van der Waals surface area (Å²) in [5.41, 5.74) is 0.916. The number of amides is 2. The number of ether oxygens (including phenoxy) is 6. The predicted molar refractivity (Wildman–Crippen MR) is 164 cm³/mol. The second-order valence-electron chi connectivity index (χ2n) is 10.1. The molecule has 0 spiro atoms. The molecule has 12 heteroatoms. The average Bonchev–Trinajstić information content (AvgIpc) is 3.28. The van der Waals surface area contributed by atoms with E-state index in [1.54, 1.807) is 24.3 Å². The fraction of sp³-hybridized carbons (Fsp3) is 0.548. The quantitative estimate of drug-likeness (QED) is 0.278. The molecule has 1 fully saturated rings. The Bertz CT molecular complexity index is 1070. The van der Waals surface area contributed by atoms with Crippen LogP contribution in [0.2, 0.25) is 0 Å². The molecule has 2 N–H and O–H groups in total. The molecular weight excluding hydrogens is 556 g/mol. The molecule has 2 aromatic carbocycles. The fourth-order valence-electron chi connectivity index (χ4n) is 5.11. The van der Waals surface area contributed by atoms with E-state index in [0.717, 1.165) is 58.5 Å². The molecule has 2 aromatic rings. The first-order chi connectivity index (χ1) is 20.9. The Balaban J connectivity index is 1.36. The number of methoxy groups -OCH3 is 6. The third-order valence-corrected chi connectivity index (χ3v) is 7.41. The van der Waals surface area contributed by atoms with Gasteiger partial charge in [0.15, 0.2) is 23.0 Å². The summed E-state index contributed by atoms with van der Waals surface area (Å²) in [5, 5.41) is 5.99. The molecule has 1 saturated heterocycles. The monoisotopic (exact) mass is 602 g/mol. The first-order valence-electron chi connectivity index (χ1n) is 14.5. The lowest BCUT2D eigenvalue weighted by molar-refractivity contribution is 0.0942. The lowest BCUT2D eigenvalue weighted by atomic mass is 10.1. The summed E-state index contributed by atoms with van der Waals surface area (Å²) >= 11 is 0. The van der Waals surface area contributed by atoms with Crippen LogP contribution in [0.5, 0.6) is 34.5 Å². The molecule has 3 rings (SSSR count). The second kappa shape index (κ2) is 17.3. The van der Waals surface area contributed by atoms with E-state index >= 15 is 0 Å². The van der Waals surface area contributed by atoms with Gasteiger partial charge >= 0.3 is 0 Å². The van der Waals surface area contributed by atoms with Crippen LogP contribution in [0, 0.1) is 0 Å². The minimum atomic E-state index is -0.182. The SMILES string of the molecule is COc1cc(C(=O)NCCCN2CCCN(CCCNC(=O)c3cc(OC)c(OC)c(OC)c3)CC2)cc(OC)c1OC. The predicted octanol–water partition coefficient (Wildman–Crippen LogP) is 2.69. The van der Waals surface area contributed by atoms with Crippen LogP contribution in [0.15, 0.2) is 24.3 Å². The highest BCUT2D eigenvalue weighted by atomic mass is 16.5. The van der Waals surface area contributed by atoms with E-state index < -0.39 is 0 Å². The molecular formula is C31H46N4O8. The lowest BCUT2D eigenvalue weighted by Crippen LogP contribution is -2.34. The van der Waals surface area contributed by atoms with Crippen LogP contribution in [0.4, 0.5) is 0 Å². The molecule has 0 aromatic heterocycles. The van der Waals surface area contributed by atoms with E-state index in [0.29, 0.717) is 58.7 Å². The van der Waals surface area contributed by atoms with Gasteiger partial charge in [0.2, 0.25) is 11.5 Å². The van der Waals surface area contributed by atoms with Crippen molar-refractivity contribution in [2.75, 3.05) is 95.0 Å². The largest absolute Gasteiger partial charge is 0.493 e. The summed E-state index contributed by atoms with van der Waals surface area (Å²) in [7, 11) is 9.17. The smallest absolute Gasteiger partial charge is 0.251 e. The lowest BCUT2D eigenvalue weighted by Gasteiger charge is -2.22. The van der Waals surface area contributed by atoms with Crippen LogP contribution in [-0.2, 0) is 0 Å². The number of carbonyl (C=O) groups is 2. The molecule has 0 radical (unpaired) electrons. The molecule has 1 aliphatic rings. The molecule has 0 bridgehead atoms. The van der Waals surface area contributed by atoms with Gasteiger partial charge in [-0.25, -0.2) is 0 Å². The summed E-state index contributed by atoms with van der Waals surface area (Å²) in [5.74, 6) is 2.33. The van der Waals surface area contributed by atoms with Crippen molar-refractivity contribution in [1.82, 2.24) is 20.4 Å². The Hall–Kier alpha value is -3.90. The van der Waals surface area contributed by atoms with Gasteiger partial charge in [0.1, 0.15) is 0 Å². The highest BCUT2D eigenvalue weighted by molar-refractivity contribution is 5.96. The Morgan fingerprint density at radius 3 is 1.23 bits per heavy atom. The van der Waals surface area contributed by atoms with Crippen LogP contribution in [0.3, 0.4) is 0 Å². The molecule has 0 atom stereocenters. The van der Waals surface area contributed by atoms with Crippen molar-refractivity contribution in [2.24, 2.45) is 0 Å². The second-order valence-corrected chi connectivity index (χ2v) is 10.1. The minimum absolute atomic E-state index is 0.182. The maximum Gasteiger partial charge on any atom is 0.251 e. The highest BCUT2D eigenvalue weighted by Crippen LogP contribution is 2.39. The Labute approximate surface area is 254 Å². The fourth-order valence-corrected chi connectivity index (χ4v) is 5.11. The molecule has 1 heterocycles. The van der Waals surface area contributed by atoms with E-state index in [-0.39, 0.29) is 11.8 Å². The highest BCUT2D eigenvalue weighted by Gasteiger charge is 2.19. The zero-order chi connectivity index (χ0) is 31.2. The number of nitrogens with zero attached hydrogens (tertiary/aromatic N) is 2. The Morgan fingerprint density at radius 2 is 0.930 bits per heavy atom. The van der Waals surface area contributed by atoms with Gasteiger partial charge in [-0.3, -0.25) is 9.59 Å². The minimum Gasteiger partial charge on any atom is -0.493 e. The van der Waals surface area contributed by atoms with E-state index in [2.05, 4.69) is 20.4 Å². The maximum absolute atomic E-state index is 12.7. The molecule has 0 saturated carbocycles. The van der Waals surface area contributed by atoms with E-state index in [1.165, 1.54) is 42.7 Å². The van der Waals surface area contributed by atoms with Crippen molar-refractivity contribution < 1.29 is 38.0 Å². The number of hydrogen-bond acceptors (Lipinski definition) is 10. The van der Waals surface area contributed by atoms with Crippen LogP contribution in [0.25, 0.3) is 0 Å². The van der Waals surface area contributed by atoms with Gasteiger partial charge in [0, 0.05) is 37.3 Å². The Kier molecular flexibility index (Phi) is 13.5. The third kappa shape index (κ3) is 9.29. The molecule has 238 valence electrons. The number of rotatable bonds is 16. The zero-order valence-corrected chi connectivity index (χ0v) is 26.2. The van der Waals surface area contributed by atoms with Gasteiger partial charge in [-0.05, 0) is 69.7 Å². The van der Waals surface area contributed by atoms with Crippen molar-refractivity contribution in [1.29, 1.82) is 0 Å². The van der Waals surface area contributed by atoms with Crippen LogP contribution in [0.1, 0.15) is 40.0 Å². The zero-order valence-electron chi connectivity index (χ0n) is 26.2. The van der Waals surface area contributed by atoms with Crippen LogP contribution >= 0.6 is 0 Å². The van der Waals surface area contributed by atoms with Gasteiger partial charge in [-0.2, -0.15) is 0 Å². The number of benzene rings is 2. The number of carbonyl (C=O) groups excluding carboxylic acids is 2. The molecule has 43 heavy (non-hydrogen) atoms. The number of hydrogen-bond donors (Lipinski definition) is 2. The number of nitrogens with one attached hydrogen (secondary N) is 2. The van der Waals surface area contributed by atoms with Crippen molar-refractivity contribution >= 4 is 11.8 Å².